The molecule has 3 heterocycles. The monoisotopic (exact) mass is 452 g/mol. The summed E-state index contributed by atoms with van der Waals surface area (Å²) < 4.78 is 11.4. The van der Waals surface area contributed by atoms with E-state index in [1.165, 1.54) is 23.1 Å². The number of non-ortho nitro benzene ring substituents is 1. The standard InChI is InChI=1S/C21H16N4O6S/c22-12-16(21(27)24-7-9-30-10-8-24)20-23-19(26)18(32-20)11-15-5-6-17(31-15)13-1-3-14(4-2-13)25(28)29/h1-6,11H,7-10H2,(H,23,26). The van der Waals surface area contributed by atoms with Crippen molar-refractivity contribution >= 4 is 34.6 Å². The molecule has 4 rings (SSSR count). The van der Waals surface area contributed by atoms with Crippen molar-refractivity contribution < 1.29 is 18.9 Å². The van der Waals surface area contributed by atoms with Gasteiger partial charge in [-0.1, -0.05) is 0 Å². The van der Waals surface area contributed by atoms with E-state index in [0.717, 1.165) is 11.3 Å². The number of hydrogen-bond donors (Lipinski definition) is 1. The first kappa shape index (κ1) is 21.2. The van der Waals surface area contributed by atoms with Crippen LogP contribution in [0.1, 0.15) is 5.76 Å². The molecule has 0 saturated carbocycles. The second kappa shape index (κ2) is 9.01. The van der Waals surface area contributed by atoms with Gasteiger partial charge in [-0.3, -0.25) is 19.7 Å². The Hall–Kier alpha value is -4.01. The van der Waals surface area contributed by atoms with Crippen LogP contribution in [-0.2, 0) is 9.53 Å². The first-order valence-corrected chi connectivity index (χ1v) is 10.3. The third-order valence-corrected chi connectivity index (χ3v) is 5.81. The van der Waals surface area contributed by atoms with Crippen LogP contribution in [0, 0.1) is 21.4 Å². The molecule has 11 heteroatoms. The van der Waals surface area contributed by atoms with Crippen molar-refractivity contribution in [3.05, 3.63) is 71.8 Å². The Bertz CT molecular complexity index is 1390. The van der Waals surface area contributed by atoms with Gasteiger partial charge in [-0.05, 0) is 24.3 Å². The second-order valence-electron chi connectivity index (χ2n) is 6.79. The van der Waals surface area contributed by atoms with Gasteiger partial charge in [0, 0.05) is 36.9 Å². The highest BCUT2D eigenvalue weighted by molar-refractivity contribution is 7.07. The molecular weight excluding hydrogens is 436 g/mol. The van der Waals surface area contributed by atoms with Gasteiger partial charge in [0.05, 0.1) is 22.7 Å². The normalized spacial score (nSPS) is 15.3. The first-order valence-electron chi connectivity index (χ1n) is 9.53. The fraction of sp³-hybridized carbons (Fsp3) is 0.190. The van der Waals surface area contributed by atoms with Gasteiger partial charge in [-0.2, -0.15) is 5.26 Å². The van der Waals surface area contributed by atoms with Crippen LogP contribution >= 0.6 is 11.3 Å². The molecule has 0 aliphatic carbocycles. The molecule has 3 aromatic rings. The molecule has 1 aromatic carbocycles. The maximum Gasteiger partial charge on any atom is 0.269 e. The van der Waals surface area contributed by atoms with E-state index in [0.29, 0.717) is 43.4 Å². The molecule has 1 aliphatic rings. The number of aromatic nitrogens is 1. The average molecular weight is 452 g/mol. The predicted molar refractivity (Wildman–Crippen MR) is 115 cm³/mol. The van der Waals surface area contributed by atoms with Gasteiger partial charge in [-0.15, -0.1) is 11.3 Å². The molecule has 0 atom stereocenters. The smallest absolute Gasteiger partial charge is 0.269 e. The number of amides is 1. The summed E-state index contributed by atoms with van der Waals surface area (Å²) >= 11 is 0.993. The van der Waals surface area contributed by atoms with Crippen molar-refractivity contribution in [1.29, 1.82) is 5.26 Å². The molecule has 0 bridgehead atoms. The fourth-order valence-corrected chi connectivity index (χ4v) is 4.05. The van der Waals surface area contributed by atoms with Crippen LogP contribution in [0.4, 0.5) is 5.69 Å². The topological polar surface area (TPSA) is 142 Å². The van der Waals surface area contributed by atoms with Crippen LogP contribution in [0.5, 0.6) is 0 Å². The molecule has 1 N–H and O–H groups in total. The van der Waals surface area contributed by atoms with Gasteiger partial charge < -0.3 is 19.0 Å². The number of nitrogens with zero attached hydrogens (tertiary/aromatic N) is 3. The maximum atomic E-state index is 12.7. The van der Waals surface area contributed by atoms with Crippen LogP contribution in [0.25, 0.3) is 23.0 Å². The van der Waals surface area contributed by atoms with E-state index in [2.05, 4.69) is 4.98 Å². The molecule has 0 unspecified atom stereocenters. The number of nitro groups is 1. The molecule has 162 valence electrons. The zero-order valence-electron chi connectivity index (χ0n) is 16.6. The largest absolute Gasteiger partial charge is 0.457 e. The molecule has 10 nitrogen and oxygen atoms in total. The van der Waals surface area contributed by atoms with Crippen LogP contribution in [0.2, 0.25) is 0 Å². The summed E-state index contributed by atoms with van der Waals surface area (Å²) in [6.45, 7) is 1.58. The quantitative estimate of drug-likeness (QED) is 0.459. The minimum absolute atomic E-state index is 0.0269. The Morgan fingerprint density at radius 3 is 2.59 bits per heavy atom. The molecule has 2 aromatic heterocycles. The Morgan fingerprint density at radius 1 is 1.22 bits per heavy atom. The SMILES string of the molecule is N#CC(C(=O)N1CCOCC1)=c1[nH]c(=O)c(=Cc2ccc(-c3ccc([N+](=O)[O-])cc3)o2)s1. The van der Waals surface area contributed by atoms with E-state index in [9.17, 15) is 25.0 Å². The highest BCUT2D eigenvalue weighted by Crippen LogP contribution is 2.24. The van der Waals surface area contributed by atoms with Crippen LogP contribution in [0.3, 0.4) is 0 Å². The molecule has 1 saturated heterocycles. The Kier molecular flexibility index (Phi) is 5.98. The van der Waals surface area contributed by atoms with E-state index < -0.39 is 16.4 Å². The van der Waals surface area contributed by atoms with Gasteiger partial charge >= 0.3 is 0 Å². The maximum absolute atomic E-state index is 12.7. The van der Waals surface area contributed by atoms with E-state index in [-0.39, 0.29) is 20.5 Å². The Morgan fingerprint density at radius 2 is 1.94 bits per heavy atom. The second-order valence-corrected chi connectivity index (χ2v) is 7.84. The highest BCUT2D eigenvalue weighted by Gasteiger charge is 2.22. The summed E-state index contributed by atoms with van der Waals surface area (Å²) in [5.74, 6) is 0.416. The van der Waals surface area contributed by atoms with E-state index in [1.54, 1.807) is 24.3 Å². The average Bonchev–Trinajstić information content (AvgIpc) is 3.42. The number of H-pyrrole nitrogens is 1. The van der Waals surface area contributed by atoms with Gasteiger partial charge in [0.1, 0.15) is 22.3 Å². The minimum atomic E-state index is -0.484. The number of benzene rings is 1. The molecule has 1 aliphatic heterocycles. The summed E-state index contributed by atoms with van der Waals surface area (Å²) in [6.07, 6.45) is 1.51. The third kappa shape index (κ3) is 4.36. The number of morpholine rings is 1. The predicted octanol–water partition coefficient (Wildman–Crippen LogP) is 0.966. The van der Waals surface area contributed by atoms with E-state index in [1.807, 2.05) is 6.07 Å². The molecule has 1 amide bonds. The van der Waals surface area contributed by atoms with Crippen LogP contribution in [0.15, 0.2) is 45.6 Å². The van der Waals surface area contributed by atoms with Crippen molar-refractivity contribution in [3.63, 3.8) is 0 Å². The number of nitriles is 1. The van der Waals surface area contributed by atoms with E-state index >= 15 is 0 Å². The molecule has 32 heavy (non-hydrogen) atoms. The van der Waals surface area contributed by atoms with Gasteiger partial charge in [0.2, 0.25) is 0 Å². The van der Waals surface area contributed by atoms with Gasteiger partial charge in [0.25, 0.3) is 17.2 Å². The number of thiazole rings is 1. The van der Waals surface area contributed by atoms with Gasteiger partial charge in [0.15, 0.2) is 5.57 Å². The highest BCUT2D eigenvalue weighted by atomic mass is 32.1. The molecule has 1 fully saturated rings. The van der Waals surface area contributed by atoms with Crippen molar-refractivity contribution in [1.82, 2.24) is 9.88 Å². The summed E-state index contributed by atoms with van der Waals surface area (Å²) in [4.78, 5) is 39.5. The number of furan rings is 1. The minimum Gasteiger partial charge on any atom is -0.457 e. The summed E-state index contributed by atoms with van der Waals surface area (Å²) in [5, 5.41) is 20.3. The summed E-state index contributed by atoms with van der Waals surface area (Å²) in [6, 6.07) is 11.1. The molecule has 0 spiro atoms. The van der Waals surface area contributed by atoms with Gasteiger partial charge in [-0.25, -0.2) is 0 Å². The summed E-state index contributed by atoms with van der Waals surface area (Å²) in [7, 11) is 0. The van der Waals surface area contributed by atoms with Crippen LogP contribution < -0.4 is 14.8 Å². The third-order valence-electron chi connectivity index (χ3n) is 4.78. The number of carbonyl (C=O) groups excluding carboxylic acids is 1. The Balaban J connectivity index is 1.65. The number of nitro benzene ring substituents is 1. The van der Waals surface area contributed by atoms with Crippen molar-refractivity contribution in [2.45, 2.75) is 0 Å². The van der Waals surface area contributed by atoms with Crippen molar-refractivity contribution in [2.75, 3.05) is 26.3 Å². The summed E-state index contributed by atoms with van der Waals surface area (Å²) in [5.41, 5.74) is 0.0497. The number of nitrogens with one attached hydrogen (secondary N) is 1. The zero-order chi connectivity index (χ0) is 22.7. The number of ether oxygens (including phenoxy) is 1. The lowest BCUT2D eigenvalue weighted by Gasteiger charge is -2.26. The fourth-order valence-electron chi connectivity index (χ4n) is 3.14. The number of carbonyl (C=O) groups is 1. The Labute approximate surface area is 184 Å². The zero-order valence-corrected chi connectivity index (χ0v) is 17.4. The van der Waals surface area contributed by atoms with Crippen molar-refractivity contribution in [2.24, 2.45) is 0 Å². The lowest BCUT2D eigenvalue weighted by Crippen LogP contribution is -2.42. The number of rotatable bonds is 4. The molecular formula is C21H16N4O6S. The van der Waals surface area contributed by atoms with E-state index in [4.69, 9.17) is 9.15 Å². The lowest BCUT2D eigenvalue weighted by molar-refractivity contribution is -0.384. The van der Waals surface area contributed by atoms with Crippen LogP contribution in [-0.4, -0.2) is 47.0 Å². The lowest BCUT2D eigenvalue weighted by atomic mass is 10.1. The number of hydrogen-bond acceptors (Lipinski definition) is 8. The van der Waals surface area contributed by atoms with Crippen molar-refractivity contribution in [3.8, 4) is 17.4 Å². The molecule has 0 radical (unpaired) electrons. The number of aromatic amines is 1. The first-order chi connectivity index (χ1) is 15.5.